The first-order valence-corrected chi connectivity index (χ1v) is 6.27. The van der Waals surface area contributed by atoms with Gasteiger partial charge in [0.25, 0.3) is 5.56 Å². The van der Waals surface area contributed by atoms with Gasteiger partial charge in [0.15, 0.2) is 0 Å². The zero-order valence-corrected chi connectivity index (χ0v) is 11.1. The van der Waals surface area contributed by atoms with Crippen LogP contribution in [0.25, 0.3) is 16.6 Å². The van der Waals surface area contributed by atoms with Crippen LogP contribution in [0.2, 0.25) is 0 Å². The van der Waals surface area contributed by atoms with Gasteiger partial charge in [-0.15, -0.1) is 0 Å². The van der Waals surface area contributed by atoms with E-state index in [1.807, 2.05) is 0 Å². The van der Waals surface area contributed by atoms with Crippen LogP contribution in [0.4, 0.5) is 9.18 Å². The summed E-state index contributed by atoms with van der Waals surface area (Å²) in [7, 11) is 0. The molecule has 0 amide bonds. The fraction of sp³-hybridized carbons (Fsp3) is 0. The second-order valence-electron chi connectivity index (χ2n) is 4.51. The highest BCUT2D eigenvalue weighted by molar-refractivity contribution is 5.86. The second kappa shape index (κ2) is 4.96. The average molecular weight is 300 g/mol. The lowest BCUT2D eigenvalue weighted by atomic mass is 10.2. The predicted molar refractivity (Wildman–Crippen MR) is 77.2 cm³/mol. The lowest BCUT2D eigenvalue weighted by Gasteiger charge is -2.11. The molecule has 7 heteroatoms. The zero-order valence-electron chi connectivity index (χ0n) is 11.1. The average Bonchev–Trinajstić information content (AvgIpc) is 2.49. The third-order valence-corrected chi connectivity index (χ3v) is 3.25. The molecule has 1 N–H and O–H groups in total. The summed E-state index contributed by atoms with van der Waals surface area (Å²) in [6.45, 7) is 0. The number of halogens is 1. The minimum atomic E-state index is -1.55. The largest absolute Gasteiger partial charge is 0.464 e. The summed E-state index contributed by atoms with van der Waals surface area (Å²) in [5, 5.41) is 9.26. The van der Waals surface area contributed by atoms with Crippen molar-refractivity contribution in [1.29, 1.82) is 0 Å². The Balaban J connectivity index is 2.58. The number of hydrogen-bond donors (Lipinski definition) is 1. The van der Waals surface area contributed by atoms with Crippen LogP contribution in [-0.4, -0.2) is 20.3 Å². The summed E-state index contributed by atoms with van der Waals surface area (Å²) in [6.07, 6.45) is -1.55. The summed E-state index contributed by atoms with van der Waals surface area (Å²) in [4.78, 5) is 36.2. The van der Waals surface area contributed by atoms with Crippen molar-refractivity contribution in [3.63, 3.8) is 0 Å². The molecule has 0 fully saturated rings. The van der Waals surface area contributed by atoms with Crippen molar-refractivity contribution in [2.24, 2.45) is 0 Å². The van der Waals surface area contributed by atoms with Crippen molar-refractivity contribution in [1.82, 2.24) is 9.13 Å². The molecule has 22 heavy (non-hydrogen) atoms. The first kappa shape index (κ1) is 13.7. The number of nitrogens with zero attached hydrogens (tertiary/aromatic N) is 2. The SMILES string of the molecule is O=C(O)n1c(=O)n(-c2ccccc2F)c(=O)c2ccccc21. The fourth-order valence-electron chi connectivity index (χ4n) is 2.29. The molecule has 3 aromatic rings. The third-order valence-electron chi connectivity index (χ3n) is 3.25. The first-order valence-electron chi connectivity index (χ1n) is 6.27. The smallest absolute Gasteiger partial charge is 0.420 e. The van der Waals surface area contributed by atoms with Gasteiger partial charge in [0.1, 0.15) is 5.82 Å². The Labute approximate surface area is 122 Å². The molecule has 110 valence electrons. The Morgan fingerprint density at radius 3 is 2.32 bits per heavy atom. The molecule has 0 aliphatic heterocycles. The Morgan fingerprint density at radius 1 is 1.00 bits per heavy atom. The highest BCUT2D eigenvalue weighted by Gasteiger charge is 2.19. The van der Waals surface area contributed by atoms with Crippen LogP contribution in [0.3, 0.4) is 0 Å². The van der Waals surface area contributed by atoms with Crippen molar-refractivity contribution in [3.8, 4) is 5.69 Å². The Kier molecular flexibility index (Phi) is 3.10. The van der Waals surface area contributed by atoms with Crippen LogP contribution in [-0.2, 0) is 0 Å². The molecule has 0 saturated carbocycles. The summed E-state index contributed by atoms with van der Waals surface area (Å²) < 4.78 is 14.9. The molecule has 0 unspecified atom stereocenters. The minimum Gasteiger partial charge on any atom is -0.464 e. The number of hydrogen-bond acceptors (Lipinski definition) is 3. The maximum Gasteiger partial charge on any atom is 0.420 e. The summed E-state index contributed by atoms with van der Waals surface area (Å²) in [5.41, 5.74) is -2.25. The molecule has 6 nitrogen and oxygen atoms in total. The monoisotopic (exact) mass is 300 g/mol. The molecule has 1 heterocycles. The van der Waals surface area contributed by atoms with Crippen LogP contribution >= 0.6 is 0 Å². The van der Waals surface area contributed by atoms with Crippen molar-refractivity contribution < 1.29 is 14.3 Å². The van der Waals surface area contributed by atoms with Crippen molar-refractivity contribution in [3.05, 3.63) is 75.2 Å². The van der Waals surface area contributed by atoms with Gasteiger partial charge in [0, 0.05) is 0 Å². The molecule has 0 atom stereocenters. The van der Waals surface area contributed by atoms with E-state index in [-0.39, 0.29) is 16.6 Å². The molecule has 2 aromatic carbocycles. The van der Waals surface area contributed by atoms with E-state index in [4.69, 9.17) is 0 Å². The molecule has 0 bridgehead atoms. The Morgan fingerprint density at radius 2 is 1.64 bits per heavy atom. The molecule has 3 rings (SSSR count). The first-order chi connectivity index (χ1) is 10.5. The van der Waals surface area contributed by atoms with E-state index in [9.17, 15) is 23.9 Å². The molecule has 0 radical (unpaired) electrons. The molecule has 1 aromatic heterocycles. The molecule has 0 saturated heterocycles. The van der Waals surface area contributed by atoms with Gasteiger partial charge in [-0.2, -0.15) is 4.57 Å². The van der Waals surface area contributed by atoms with Crippen LogP contribution in [0.1, 0.15) is 0 Å². The van der Waals surface area contributed by atoms with E-state index in [1.54, 1.807) is 0 Å². The van der Waals surface area contributed by atoms with Gasteiger partial charge in [-0.1, -0.05) is 24.3 Å². The van der Waals surface area contributed by atoms with Crippen LogP contribution in [0.15, 0.2) is 58.1 Å². The lowest BCUT2D eigenvalue weighted by molar-refractivity contribution is 0.196. The lowest BCUT2D eigenvalue weighted by Crippen LogP contribution is -2.41. The number of rotatable bonds is 1. The topological polar surface area (TPSA) is 81.3 Å². The Hall–Kier alpha value is -3.22. The van der Waals surface area contributed by atoms with Crippen LogP contribution in [0, 0.1) is 5.82 Å². The third kappa shape index (κ3) is 1.91. The standard InChI is InChI=1S/C15H9FN2O4/c16-10-6-2-4-8-12(10)17-13(19)9-5-1-3-7-11(9)18(14(17)20)15(21)22/h1-8H,(H,21,22). The number of fused-ring (bicyclic) bond motifs is 1. The van der Waals surface area contributed by atoms with Crippen molar-refractivity contribution >= 4 is 17.0 Å². The van der Waals surface area contributed by atoms with E-state index < -0.39 is 23.2 Å². The highest BCUT2D eigenvalue weighted by atomic mass is 19.1. The number of carboxylic acid groups (broad SMARTS) is 1. The maximum absolute atomic E-state index is 13.9. The molecule has 0 aliphatic carbocycles. The van der Waals surface area contributed by atoms with E-state index >= 15 is 0 Å². The number of aromatic nitrogens is 2. The number of para-hydroxylation sites is 2. The zero-order chi connectivity index (χ0) is 15.9. The number of benzene rings is 2. The van der Waals surface area contributed by atoms with E-state index in [0.717, 1.165) is 6.07 Å². The second-order valence-corrected chi connectivity index (χ2v) is 4.51. The molecule has 0 aliphatic rings. The van der Waals surface area contributed by atoms with Gasteiger partial charge in [-0.3, -0.25) is 4.79 Å². The Bertz CT molecular complexity index is 1020. The predicted octanol–water partition coefficient (Wildman–Crippen LogP) is 1.82. The molecule has 0 spiro atoms. The van der Waals surface area contributed by atoms with Crippen LogP contribution in [0.5, 0.6) is 0 Å². The van der Waals surface area contributed by atoms with Gasteiger partial charge in [0.05, 0.1) is 16.6 Å². The molecular formula is C15H9FN2O4. The van der Waals surface area contributed by atoms with Gasteiger partial charge in [0.2, 0.25) is 0 Å². The van der Waals surface area contributed by atoms with Gasteiger partial charge in [-0.05, 0) is 24.3 Å². The quantitative estimate of drug-likeness (QED) is 0.743. The highest BCUT2D eigenvalue weighted by Crippen LogP contribution is 2.12. The summed E-state index contributed by atoms with van der Waals surface area (Å²) in [6, 6.07) is 10.9. The van der Waals surface area contributed by atoms with Gasteiger partial charge in [-0.25, -0.2) is 18.5 Å². The molecular weight excluding hydrogens is 291 g/mol. The van der Waals surface area contributed by atoms with E-state index in [2.05, 4.69) is 0 Å². The van der Waals surface area contributed by atoms with Crippen LogP contribution < -0.4 is 11.2 Å². The number of carbonyl (C=O) groups is 1. The van der Waals surface area contributed by atoms with Gasteiger partial charge < -0.3 is 5.11 Å². The van der Waals surface area contributed by atoms with Crippen molar-refractivity contribution in [2.45, 2.75) is 0 Å². The van der Waals surface area contributed by atoms with Gasteiger partial charge >= 0.3 is 11.8 Å². The van der Waals surface area contributed by atoms with E-state index in [0.29, 0.717) is 9.13 Å². The fourth-order valence-corrected chi connectivity index (χ4v) is 2.29. The van der Waals surface area contributed by atoms with E-state index in [1.165, 1.54) is 42.5 Å². The minimum absolute atomic E-state index is 0.00718. The summed E-state index contributed by atoms with van der Waals surface area (Å²) in [5.74, 6) is -0.797. The summed E-state index contributed by atoms with van der Waals surface area (Å²) >= 11 is 0. The normalized spacial score (nSPS) is 10.8. The maximum atomic E-state index is 13.9. The van der Waals surface area contributed by atoms with Crippen molar-refractivity contribution in [2.75, 3.05) is 0 Å².